The van der Waals surface area contributed by atoms with E-state index in [2.05, 4.69) is 9.97 Å². The van der Waals surface area contributed by atoms with Crippen molar-refractivity contribution in [2.45, 2.75) is 18.9 Å². The molecule has 2 aliphatic heterocycles. The molecule has 27 heavy (non-hydrogen) atoms. The van der Waals surface area contributed by atoms with Crippen molar-refractivity contribution in [3.05, 3.63) is 36.0 Å². The monoisotopic (exact) mass is 371 g/mol. The lowest BCUT2D eigenvalue weighted by Crippen LogP contribution is -2.44. The number of ether oxygens (including phenoxy) is 4. The van der Waals surface area contributed by atoms with Crippen LogP contribution in [-0.4, -0.2) is 60.3 Å². The highest BCUT2D eigenvalue weighted by Gasteiger charge is 2.29. The molecule has 1 saturated heterocycles. The first kappa shape index (κ1) is 17.4. The third-order valence-corrected chi connectivity index (χ3v) is 4.54. The lowest BCUT2D eigenvalue weighted by atomic mass is 10.1. The quantitative estimate of drug-likeness (QED) is 0.812. The highest BCUT2D eigenvalue weighted by Crippen LogP contribution is 2.34. The van der Waals surface area contributed by atoms with Crippen LogP contribution < -0.4 is 18.9 Å². The number of hydrogen-bond donors (Lipinski definition) is 0. The first-order valence-corrected chi connectivity index (χ1v) is 8.96. The van der Waals surface area contributed by atoms with E-state index in [4.69, 9.17) is 18.9 Å². The molecular formula is C19H21N3O5. The third kappa shape index (κ3) is 3.74. The predicted octanol–water partition coefficient (Wildman–Crippen LogP) is 1.94. The fraction of sp³-hybridized carbons (Fsp3) is 0.421. The van der Waals surface area contributed by atoms with Crippen molar-refractivity contribution < 1.29 is 23.7 Å². The van der Waals surface area contributed by atoms with Crippen LogP contribution in [0.15, 0.2) is 30.5 Å². The standard InChI is InChI=1S/C19H21N3O5/c1-24-19-20-8-7-16(21-19)27-13-4-3-9-22(12-13)18(23)14-5-2-6-15-17(14)26-11-10-25-15/h2,5-8,13H,3-4,9-12H2,1H3. The van der Waals surface area contributed by atoms with Crippen molar-refractivity contribution in [3.8, 4) is 23.4 Å². The number of amides is 1. The molecule has 0 bridgehead atoms. The topological polar surface area (TPSA) is 83.0 Å². The second-order valence-electron chi connectivity index (χ2n) is 6.34. The van der Waals surface area contributed by atoms with Crippen LogP contribution >= 0.6 is 0 Å². The molecule has 1 fully saturated rings. The molecule has 2 aliphatic rings. The number of fused-ring (bicyclic) bond motifs is 1. The van der Waals surface area contributed by atoms with Crippen molar-refractivity contribution in [3.63, 3.8) is 0 Å². The van der Waals surface area contributed by atoms with E-state index >= 15 is 0 Å². The summed E-state index contributed by atoms with van der Waals surface area (Å²) in [6, 6.07) is 7.34. The Balaban J connectivity index is 1.47. The summed E-state index contributed by atoms with van der Waals surface area (Å²) in [6.07, 6.45) is 3.15. The van der Waals surface area contributed by atoms with Crippen molar-refractivity contribution in [2.75, 3.05) is 33.4 Å². The van der Waals surface area contributed by atoms with E-state index in [0.29, 0.717) is 49.2 Å². The molecule has 3 heterocycles. The van der Waals surface area contributed by atoms with Gasteiger partial charge in [0.15, 0.2) is 11.5 Å². The maximum absolute atomic E-state index is 13.1. The van der Waals surface area contributed by atoms with Crippen LogP contribution in [0, 0.1) is 0 Å². The van der Waals surface area contributed by atoms with Crippen LogP contribution in [0.2, 0.25) is 0 Å². The largest absolute Gasteiger partial charge is 0.486 e. The molecule has 1 atom stereocenters. The number of carbonyl (C=O) groups excluding carboxylic acids is 1. The molecule has 8 nitrogen and oxygen atoms in total. The summed E-state index contributed by atoms with van der Waals surface area (Å²) in [6.45, 7) is 2.09. The van der Waals surface area contributed by atoms with E-state index in [-0.39, 0.29) is 18.0 Å². The SMILES string of the molecule is COc1nccc(OC2CCCN(C(=O)c3cccc4c3OCCO4)C2)n1. The van der Waals surface area contributed by atoms with Gasteiger partial charge in [0.25, 0.3) is 5.91 Å². The number of hydrogen-bond acceptors (Lipinski definition) is 7. The summed E-state index contributed by atoms with van der Waals surface area (Å²) >= 11 is 0. The number of rotatable bonds is 4. The van der Waals surface area contributed by atoms with Gasteiger partial charge in [-0.3, -0.25) is 4.79 Å². The fourth-order valence-electron chi connectivity index (χ4n) is 3.29. The minimum atomic E-state index is -0.140. The smallest absolute Gasteiger partial charge is 0.319 e. The Morgan fingerprint density at radius 3 is 3.04 bits per heavy atom. The van der Waals surface area contributed by atoms with Crippen LogP contribution in [-0.2, 0) is 0 Å². The number of nitrogens with zero attached hydrogens (tertiary/aromatic N) is 3. The molecule has 1 aromatic carbocycles. The Morgan fingerprint density at radius 2 is 2.15 bits per heavy atom. The molecule has 4 rings (SSSR count). The summed E-state index contributed by atoms with van der Waals surface area (Å²) in [5.74, 6) is 1.50. The van der Waals surface area contributed by atoms with Gasteiger partial charge in [0, 0.05) is 18.8 Å². The first-order valence-electron chi connectivity index (χ1n) is 8.96. The van der Waals surface area contributed by atoms with Gasteiger partial charge < -0.3 is 23.8 Å². The van der Waals surface area contributed by atoms with Gasteiger partial charge in [-0.05, 0) is 25.0 Å². The van der Waals surface area contributed by atoms with Gasteiger partial charge in [0.05, 0.1) is 19.2 Å². The number of benzene rings is 1. The number of para-hydroxylation sites is 1. The van der Waals surface area contributed by atoms with Crippen molar-refractivity contribution in [1.82, 2.24) is 14.9 Å². The summed E-state index contributed by atoms with van der Waals surface area (Å²) in [4.78, 5) is 23.0. The molecule has 0 spiro atoms. The summed E-state index contributed by atoms with van der Waals surface area (Å²) in [7, 11) is 1.51. The molecular weight excluding hydrogens is 350 g/mol. The molecule has 142 valence electrons. The molecule has 0 radical (unpaired) electrons. The predicted molar refractivity (Wildman–Crippen MR) is 95.6 cm³/mol. The lowest BCUT2D eigenvalue weighted by Gasteiger charge is -2.33. The highest BCUT2D eigenvalue weighted by atomic mass is 16.6. The second kappa shape index (κ2) is 7.69. The van der Waals surface area contributed by atoms with Crippen LogP contribution in [0.1, 0.15) is 23.2 Å². The molecule has 1 unspecified atom stereocenters. The average molecular weight is 371 g/mol. The Hall–Kier alpha value is -3.03. The van der Waals surface area contributed by atoms with Gasteiger partial charge in [-0.1, -0.05) is 6.07 Å². The molecule has 1 aromatic heterocycles. The third-order valence-electron chi connectivity index (χ3n) is 4.54. The van der Waals surface area contributed by atoms with E-state index in [0.717, 1.165) is 12.8 Å². The van der Waals surface area contributed by atoms with Crippen LogP contribution in [0.3, 0.4) is 0 Å². The minimum Gasteiger partial charge on any atom is -0.486 e. The lowest BCUT2D eigenvalue weighted by molar-refractivity contribution is 0.0518. The van der Waals surface area contributed by atoms with Gasteiger partial charge >= 0.3 is 6.01 Å². The van der Waals surface area contributed by atoms with E-state index in [9.17, 15) is 4.79 Å². The van der Waals surface area contributed by atoms with Crippen molar-refractivity contribution in [1.29, 1.82) is 0 Å². The van der Waals surface area contributed by atoms with E-state index in [1.165, 1.54) is 7.11 Å². The normalized spacial score (nSPS) is 18.7. The van der Waals surface area contributed by atoms with E-state index in [1.807, 2.05) is 12.1 Å². The van der Waals surface area contributed by atoms with Gasteiger partial charge in [-0.2, -0.15) is 4.98 Å². The maximum atomic E-state index is 13.1. The van der Waals surface area contributed by atoms with Gasteiger partial charge in [0.2, 0.25) is 5.88 Å². The van der Waals surface area contributed by atoms with Crippen LogP contribution in [0.4, 0.5) is 0 Å². The molecule has 0 saturated carbocycles. The van der Waals surface area contributed by atoms with Gasteiger partial charge in [-0.15, -0.1) is 0 Å². The molecule has 0 aliphatic carbocycles. The average Bonchev–Trinajstić information content (AvgIpc) is 2.73. The zero-order chi connectivity index (χ0) is 18.6. The maximum Gasteiger partial charge on any atom is 0.319 e. The first-order chi connectivity index (χ1) is 13.2. The Bertz CT molecular complexity index is 829. The summed E-state index contributed by atoms with van der Waals surface area (Å²) in [5.41, 5.74) is 0.525. The Morgan fingerprint density at radius 1 is 1.26 bits per heavy atom. The Labute approximate surface area is 157 Å². The summed E-state index contributed by atoms with van der Waals surface area (Å²) < 4.78 is 22.2. The van der Waals surface area contributed by atoms with Gasteiger partial charge in [0.1, 0.15) is 19.3 Å². The zero-order valence-corrected chi connectivity index (χ0v) is 15.1. The van der Waals surface area contributed by atoms with Crippen LogP contribution in [0.5, 0.6) is 23.4 Å². The minimum absolute atomic E-state index is 0.0779. The molecule has 0 N–H and O–H groups in total. The number of likely N-dealkylation sites (tertiary alicyclic amines) is 1. The zero-order valence-electron chi connectivity index (χ0n) is 15.1. The number of carbonyl (C=O) groups is 1. The van der Waals surface area contributed by atoms with E-state index in [1.54, 1.807) is 23.2 Å². The molecule has 2 aromatic rings. The fourth-order valence-corrected chi connectivity index (χ4v) is 3.29. The Kier molecular flexibility index (Phi) is 4.95. The number of piperidine rings is 1. The number of methoxy groups -OCH3 is 1. The molecule has 1 amide bonds. The molecule has 8 heteroatoms. The van der Waals surface area contributed by atoms with E-state index < -0.39 is 0 Å². The van der Waals surface area contributed by atoms with Gasteiger partial charge in [-0.25, -0.2) is 4.98 Å². The van der Waals surface area contributed by atoms with Crippen molar-refractivity contribution in [2.24, 2.45) is 0 Å². The number of aromatic nitrogens is 2. The van der Waals surface area contributed by atoms with Crippen molar-refractivity contribution >= 4 is 5.91 Å². The second-order valence-corrected chi connectivity index (χ2v) is 6.34. The summed E-state index contributed by atoms with van der Waals surface area (Å²) in [5, 5.41) is 0. The van der Waals surface area contributed by atoms with Crippen LogP contribution in [0.25, 0.3) is 0 Å². The highest BCUT2D eigenvalue weighted by molar-refractivity contribution is 5.98.